The van der Waals surface area contributed by atoms with Crippen LogP contribution in [0.25, 0.3) is 0 Å². The fraction of sp³-hybridized carbons (Fsp3) is 0.438. The maximum Gasteiger partial charge on any atom is 0.303 e. The van der Waals surface area contributed by atoms with E-state index in [1.54, 1.807) is 24.3 Å². The van der Waals surface area contributed by atoms with Gasteiger partial charge in [0, 0.05) is 12.0 Å². The summed E-state index contributed by atoms with van der Waals surface area (Å²) >= 11 is 0. The van der Waals surface area contributed by atoms with Crippen molar-refractivity contribution in [1.82, 2.24) is 0 Å². The van der Waals surface area contributed by atoms with Gasteiger partial charge in [-0.2, -0.15) is 0 Å². The fourth-order valence-corrected chi connectivity index (χ4v) is 1.67. The molecule has 0 radical (unpaired) electrons. The lowest BCUT2D eigenvalue weighted by Crippen LogP contribution is -2.30. The Morgan fingerprint density at radius 2 is 1.74 bits per heavy atom. The second-order valence-corrected chi connectivity index (χ2v) is 5.43. The third-order valence-corrected chi connectivity index (χ3v) is 2.87. The lowest BCUT2D eigenvalue weighted by molar-refractivity contribution is -0.136. The van der Waals surface area contributed by atoms with Crippen LogP contribution in [0.2, 0.25) is 0 Å². The van der Waals surface area contributed by atoms with Gasteiger partial charge in [0.1, 0.15) is 24.6 Å². The van der Waals surface area contributed by atoms with E-state index < -0.39 is 11.6 Å². The molecular weight excluding hydrogens is 302 g/mol. The van der Waals surface area contributed by atoms with Crippen molar-refractivity contribution in [2.75, 3.05) is 13.2 Å². The van der Waals surface area contributed by atoms with Gasteiger partial charge in [-0.25, -0.2) is 0 Å². The molecule has 0 aromatic heterocycles. The van der Waals surface area contributed by atoms with Crippen molar-refractivity contribution in [3.63, 3.8) is 0 Å². The summed E-state index contributed by atoms with van der Waals surface area (Å²) in [6.07, 6.45) is -0.0977. The molecule has 0 unspecified atom stereocenters. The van der Waals surface area contributed by atoms with E-state index in [1.807, 2.05) is 0 Å². The fourth-order valence-electron chi connectivity index (χ4n) is 1.67. The zero-order valence-corrected chi connectivity index (χ0v) is 13.2. The Balaban J connectivity index is 2.35. The van der Waals surface area contributed by atoms with E-state index in [0.717, 1.165) is 0 Å². The second kappa shape index (κ2) is 8.28. The third kappa shape index (κ3) is 6.92. The Kier molecular flexibility index (Phi) is 6.71. The van der Waals surface area contributed by atoms with Crippen LogP contribution < -0.4 is 4.74 Å². The number of hydrogen-bond acceptors (Lipinski definition) is 6. The molecule has 1 aromatic carbocycles. The predicted octanol–water partition coefficient (Wildman–Crippen LogP) is 1.88. The maximum atomic E-state index is 11.8. The summed E-state index contributed by atoms with van der Waals surface area (Å²) in [6.45, 7) is 3.17. The van der Waals surface area contributed by atoms with E-state index in [1.165, 1.54) is 13.8 Å². The number of hydrogen-bond donors (Lipinski definition) is 3. The molecule has 126 valence electrons. The first-order chi connectivity index (χ1) is 10.7. The van der Waals surface area contributed by atoms with Crippen LogP contribution in [0.4, 0.5) is 0 Å². The SMILES string of the molecule is CC(C)(O)C(=O)c1ccc(OCCOC(=N)CCC(=O)O)cc1. The second-order valence-electron chi connectivity index (χ2n) is 5.43. The quantitative estimate of drug-likeness (QED) is 0.276. The molecule has 0 atom stereocenters. The average molecular weight is 323 g/mol. The van der Waals surface area contributed by atoms with Crippen LogP contribution in [0.15, 0.2) is 24.3 Å². The first-order valence-electron chi connectivity index (χ1n) is 7.12. The standard InChI is InChI=1S/C16H21NO6/c1-16(2,21)15(20)11-3-5-12(6-4-11)22-9-10-23-13(17)7-8-14(18)19/h3-6,17,21H,7-10H2,1-2H3,(H,18,19). The van der Waals surface area contributed by atoms with Gasteiger partial charge < -0.3 is 19.7 Å². The lowest BCUT2D eigenvalue weighted by atomic mass is 9.97. The van der Waals surface area contributed by atoms with E-state index in [0.29, 0.717) is 11.3 Å². The first-order valence-corrected chi connectivity index (χ1v) is 7.12. The molecule has 0 amide bonds. The van der Waals surface area contributed by atoms with Crippen molar-refractivity contribution < 1.29 is 29.3 Å². The summed E-state index contributed by atoms with van der Waals surface area (Å²) in [5.41, 5.74) is -1.04. The van der Waals surface area contributed by atoms with Crippen molar-refractivity contribution in [2.24, 2.45) is 0 Å². The number of aliphatic carboxylic acids is 1. The van der Waals surface area contributed by atoms with Crippen LogP contribution in [0.1, 0.15) is 37.0 Å². The molecule has 0 saturated carbocycles. The summed E-state index contributed by atoms with van der Waals surface area (Å²) in [4.78, 5) is 22.2. The number of ether oxygens (including phenoxy) is 2. The van der Waals surface area contributed by atoms with Gasteiger partial charge in [0.05, 0.1) is 6.42 Å². The van der Waals surface area contributed by atoms with Crippen LogP contribution in [0.5, 0.6) is 5.75 Å². The Morgan fingerprint density at radius 3 is 2.26 bits per heavy atom. The minimum Gasteiger partial charge on any atom is -0.490 e. The van der Waals surface area contributed by atoms with Crippen LogP contribution in [-0.4, -0.2) is 46.7 Å². The van der Waals surface area contributed by atoms with Gasteiger partial charge in [0.2, 0.25) is 0 Å². The van der Waals surface area contributed by atoms with E-state index in [9.17, 15) is 14.7 Å². The molecule has 0 aliphatic carbocycles. The van der Waals surface area contributed by atoms with Gasteiger partial charge >= 0.3 is 5.97 Å². The van der Waals surface area contributed by atoms with Gasteiger partial charge in [0.15, 0.2) is 11.7 Å². The summed E-state index contributed by atoms with van der Waals surface area (Å²) in [7, 11) is 0. The van der Waals surface area contributed by atoms with Crippen LogP contribution in [0.3, 0.4) is 0 Å². The highest BCUT2D eigenvalue weighted by Crippen LogP contribution is 2.17. The average Bonchev–Trinajstić information content (AvgIpc) is 2.48. The summed E-state index contributed by atoms with van der Waals surface area (Å²) in [5.74, 6) is -0.922. The summed E-state index contributed by atoms with van der Waals surface area (Å²) in [5, 5.41) is 25.5. The number of carboxylic acids is 1. The van der Waals surface area contributed by atoms with Gasteiger partial charge in [-0.05, 0) is 38.1 Å². The van der Waals surface area contributed by atoms with Crippen LogP contribution in [0, 0.1) is 5.41 Å². The maximum absolute atomic E-state index is 11.8. The number of carbonyl (C=O) groups excluding carboxylic acids is 1. The van der Waals surface area contributed by atoms with Gasteiger partial charge in [-0.3, -0.25) is 15.0 Å². The van der Waals surface area contributed by atoms with E-state index in [-0.39, 0.29) is 37.7 Å². The molecule has 1 rings (SSSR count). The number of nitrogens with one attached hydrogen (secondary N) is 1. The summed E-state index contributed by atoms with van der Waals surface area (Å²) in [6, 6.07) is 6.33. The van der Waals surface area contributed by atoms with Crippen molar-refractivity contribution in [1.29, 1.82) is 5.41 Å². The van der Waals surface area contributed by atoms with Crippen molar-refractivity contribution >= 4 is 17.7 Å². The zero-order chi connectivity index (χ0) is 17.5. The number of ketones is 1. The minimum atomic E-state index is -1.42. The Bertz CT molecular complexity index is 559. The number of Topliss-reactive ketones (excluding diaryl/α,β-unsaturated/α-hetero) is 1. The highest BCUT2D eigenvalue weighted by molar-refractivity contribution is 6.01. The Hall–Kier alpha value is -2.41. The molecule has 7 heteroatoms. The van der Waals surface area contributed by atoms with Gasteiger partial charge in [-0.1, -0.05) is 0 Å². The molecule has 7 nitrogen and oxygen atoms in total. The third-order valence-electron chi connectivity index (χ3n) is 2.87. The largest absolute Gasteiger partial charge is 0.490 e. The molecule has 0 saturated heterocycles. The predicted molar refractivity (Wildman–Crippen MR) is 83.1 cm³/mol. The molecular formula is C16H21NO6. The number of aliphatic hydroxyl groups is 1. The monoisotopic (exact) mass is 323 g/mol. The molecule has 0 fully saturated rings. The van der Waals surface area contributed by atoms with E-state index >= 15 is 0 Å². The van der Waals surface area contributed by atoms with Gasteiger partial charge in [0.25, 0.3) is 0 Å². The van der Waals surface area contributed by atoms with Crippen molar-refractivity contribution in [3.05, 3.63) is 29.8 Å². The van der Waals surface area contributed by atoms with E-state index in [2.05, 4.69) is 0 Å². The molecule has 0 bridgehead atoms. The number of rotatable bonds is 9. The highest BCUT2D eigenvalue weighted by Gasteiger charge is 2.24. The molecule has 3 N–H and O–H groups in total. The molecule has 1 aromatic rings. The lowest BCUT2D eigenvalue weighted by Gasteiger charge is -2.15. The van der Waals surface area contributed by atoms with E-state index in [4.69, 9.17) is 20.0 Å². The minimum absolute atomic E-state index is 0.0447. The smallest absolute Gasteiger partial charge is 0.303 e. The normalized spacial score (nSPS) is 10.9. The summed E-state index contributed by atoms with van der Waals surface area (Å²) < 4.78 is 10.4. The van der Waals surface area contributed by atoms with Crippen LogP contribution in [-0.2, 0) is 9.53 Å². The highest BCUT2D eigenvalue weighted by atomic mass is 16.5. The molecule has 0 spiro atoms. The van der Waals surface area contributed by atoms with Crippen molar-refractivity contribution in [2.45, 2.75) is 32.3 Å². The van der Waals surface area contributed by atoms with Gasteiger partial charge in [-0.15, -0.1) is 0 Å². The number of carbonyl (C=O) groups is 2. The molecule has 0 heterocycles. The topological polar surface area (TPSA) is 117 Å². The first kappa shape index (κ1) is 18.6. The molecule has 0 aliphatic rings. The Labute approximate surface area is 134 Å². The zero-order valence-electron chi connectivity index (χ0n) is 13.2. The number of carboxylic acid groups (broad SMARTS) is 1. The number of benzene rings is 1. The molecule has 0 aliphatic heterocycles. The Morgan fingerprint density at radius 1 is 1.13 bits per heavy atom. The molecule has 23 heavy (non-hydrogen) atoms. The van der Waals surface area contributed by atoms with Crippen LogP contribution >= 0.6 is 0 Å². The van der Waals surface area contributed by atoms with Crippen molar-refractivity contribution in [3.8, 4) is 5.75 Å².